The van der Waals surface area contributed by atoms with Crippen LogP contribution >= 0.6 is 11.5 Å². The van der Waals surface area contributed by atoms with Gasteiger partial charge in [-0.25, -0.2) is 4.21 Å². The Hall–Kier alpha value is -2.58. The maximum absolute atomic E-state index is 13.3. The van der Waals surface area contributed by atoms with E-state index in [9.17, 15) is 27.0 Å². The number of hydrogen-bond donors (Lipinski definition) is 2. The van der Waals surface area contributed by atoms with Gasteiger partial charge in [-0.15, -0.1) is 5.10 Å². The summed E-state index contributed by atoms with van der Waals surface area (Å²) < 4.78 is 64.8. The number of benzene rings is 1. The Morgan fingerprint density at radius 2 is 1.76 bits per heavy atom. The first-order valence-corrected chi connectivity index (χ1v) is 10.1. The molecule has 1 aliphatic rings. The summed E-state index contributed by atoms with van der Waals surface area (Å²) in [5, 5.41) is 5.21. The van der Waals surface area contributed by atoms with E-state index >= 15 is 0 Å². The molecule has 9 nitrogen and oxygen atoms in total. The third kappa shape index (κ3) is 4.89. The molecular weight excluding hydrogens is 435 g/mol. The van der Waals surface area contributed by atoms with Gasteiger partial charge in [-0.1, -0.05) is 4.49 Å². The predicted octanol–water partition coefficient (Wildman–Crippen LogP) is 1.70. The van der Waals surface area contributed by atoms with Gasteiger partial charge in [-0.2, -0.15) is 13.2 Å². The van der Waals surface area contributed by atoms with Crippen molar-refractivity contribution >= 4 is 40.3 Å². The van der Waals surface area contributed by atoms with Crippen LogP contribution < -0.4 is 4.72 Å². The van der Waals surface area contributed by atoms with Gasteiger partial charge in [0.05, 0.1) is 11.3 Å². The molecule has 156 valence electrons. The quantitative estimate of drug-likeness (QED) is 0.687. The Kier molecular flexibility index (Phi) is 6.14. The lowest BCUT2D eigenvalue weighted by Crippen LogP contribution is -2.50. The van der Waals surface area contributed by atoms with Crippen molar-refractivity contribution in [1.29, 1.82) is 0 Å². The molecule has 1 fully saturated rings. The first-order valence-electron chi connectivity index (χ1n) is 8.11. The van der Waals surface area contributed by atoms with Crippen LogP contribution in [-0.4, -0.2) is 66.1 Å². The van der Waals surface area contributed by atoms with Crippen molar-refractivity contribution in [1.82, 2.24) is 19.4 Å². The average Bonchev–Trinajstić information content (AvgIpc) is 3.21. The van der Waals surface area contributed by atoms with Crippen molar-refractivity contribution in [3.8, 4) is 0 Å². The van der Waals surface area contributed by atoms with E-state index in [0.717, 1.165) is 23.7 Å². The number of anilines is 1. The van der Waals surface area contributed by atoms with Gasteiger partial charge in [0.1, 0.15) is 0 Å². The number of piperazine rings is 1. The summed E-state index contributed by atoms with van der Waals surface area (Å²) in [4.78, 5) is 27.7. The van der Waals surface area contributed by atoms with Crippen LogP contribution in [0.15, 0.2) is 23.6 Å². The normalized spacial score (nSPS) is 15.9. The lowest BCUT2D eigenvalue weighted by molar-refractivity contribution is -0.136. The molecular formula is C15H14F3N5O4S2. The zero-order valence-electron chi connectivity index (χ0n) is 14.5. The Morgan fingerprint density at radius 1 is 1.14 bits per heavy atom. The van der Waals surface area contributed by atoms with E-state index in [1.165, 1.54) is 15.2 Å². The van der Waals surface area contributed by atoms with Gasteiger partial charge in [0.15, 0.2) is 5.69 Å². The van der Waals surface area contributed by atoms with E-state index in [2.05, 4.69) is 9.59 Å². The van der Waals surface area contributed by atoms with Crippen LogP contribution in [0.3, 0.4) is 0 Å². The van der Waals surface area contributed by atoms with Gasteiger partial charge in [0.25, 0.3) is 23.1 Å². The summed E-state index contributed by atoms with van der Waals surface area (Å²) in [6, 6.07) is 2.71. The molecule has 2 heterocycles. The molecule has 0 aliphatic carbocycles. The van der Waals surface area contributed by atoms with Crippen LogP contribution in [0.1, 0.15) is 26.4 Å². The molecule has 0 bridgehead atoms. The third-order valence-electron chi connectivity index (χ3n) is 4.20. The highest BCUT2D eigenvalue weighted by Crippen LogP contribution is 2.36. The van der Waals surface area contributed by atoms with Gasteiger partial charge in [0, 0.05) is 37.1 Å². The zero-order chi connectivity index (χ0) is 21.2. The average molecular weight is 449 g/mol. The van der Waals surface area contributed by atoms with Crippen LogP contribution in [-0.2, 0) is 17.4 Å². The molecule has 29 heavy (non-hydrogen) atoms. The predicted molar refractivity (Wildman–Crippen MR) is 97.6 cm³/mol. The van der Waals surface area contributed by atoms with E-state index in [-0.39, 0.29) is 43.3 Å². The molecule has 1 aliphatic heterocycles. The molecule has 0 radical (unpaired) electrons. The molecule has 1 atom stereocenters. The molecule has 1 saturated heterocycles. The first-order chi connectivity index (χ1) is 13.7. The molecule has 1 unspecified atom stereocenters. The van der Waals surface area contributed by atoms with Crippen LogP contribution in [0.5, 0.6) is 0 Å². The minimum absolute atomic E-state index is 0.143. The first kappa shape index (κ1) is 21.1. The van der Waals surface area contributed by atoms with Crippen LogP contribution in [0.4, 0.5) is 18.9 Å². The van der Waals surface area contributed by atoms with E-state index in [4.69, 9.17) is 4.55 Å². The van der Waals surface area contributed by atoms with Crippen LogP contribution in [0.25, 0.3) is 0 Å². The van der Waals surface area contributed by atoms with Crippen molar-refractivity contribution in [2.75, 3.05) is 30.9 Å². The molecule has 2 amide bonds. The van der Waals surface area contributed by atoms with Crippen molar-refractivity contribution in [2.24, 2.45) is 0 Å². The molecule has 2 aromatic rings. The van der Waals surface area contributed by atoms with Crippen molar-refractivity contribution < 1.29 is 31.5 Å². The standard InChI is InChI=1S/C15H14F3N5O4S2/c16-15(17,18)10-7-9(1-2-11(10)20-29(26)27)13(24)22-3-5-23(6-4-22)14(25)12-8-28-21-19-12/h1-2,7-8,20H,3-6H2,(H,26,27). The number of hydrogen-bond acceptors (Lipinski definition) is 6. The smallest absolute Gasteiger partial charge is 0.335 e. The molecule has 1 aromatic carbocycles. The summed E-state index contributed by atoms with van der Waals surface area (Å²) >= 11 is -1.66. The topological polar surface area (TPSA) is 116 Å². The Balaban J connectivity index is 1.72. The number of rotatable bonds is 4. The van der Waals surface area contributed by atoms with E-state index in [0.29, 0.717) is 6.07 Å². The lowest BCUT2D eigenvalue weighted by atomic mass is 10.1. The summed E-state index contributed by atoms with van der Waals surface area (Å²) in [5.74, 6) is -0.952. The Bertz CT molecular complexity index is 931. The van der Waals surface area contributed by atoms with Crippen LogP contribution in [0.2, 0.25) is 0 Å². The maximum atomic E-state index is 13.3. The number of aromatic nitrogens is 2. The summed E-state index contributed by atoms with van der Waals surface area (Å²) in [6.07, 6.45) is -4.83. The number of nitrogens with zero attached hydrogens (tertiary/aromatic N) is 4. The van der Waals surface area contributed by atoms with Gasteiger partial charge < -0.3 is 9.80 Å². The summed E-state index contributed by atoms with van der Waals surface area (Å²) in [5.41, 5.74) is -1.85. The highest BCUT2D eigenvalue weighted by Gasteiger charge is 2.35. The fraction of sp³-hybridized carbons (Fsp3) is 0.333. The zero-order valence-corrected chi connectivity index (χ0v) is 16.2. The lowest BCUT2D eigenvalue weighted by Gasteiger charge is -2.34. The molecule has 14 heteroatoms. The van der Waals surface area contributed by atoms with E-state index < -0.39 is 34.6 Å². The van der Waals surface area contributed by atoms with Gasteiger partial charge in [0.2, 0.25) is 0 Å². The SMILES string of the molecule is O=C(c1ccc(NS(=O)O)c(C(F)(F)F)c1)N1CCN(C(=O)c2csnn2)CC1. The van der Waals surface area contributed by atoms with E-state index in [1.807, 2.05) is 0 Å². The minimum atomic E-state index is -4.83. The second-order valence-corrected chi connectivity index (χ2v) is 7.30. The highest BCUT2D eigenvalue weighted by atomic mass is 32.2. The van der Waals surface area contributed by atoms with Gasteiger partial charge in [-0.3, -0.25) is 18.9 Å². The maximum Gasteiger partial charge on any atom is 0.418 e. The molecule has 2 N–H and O–H groups in total. The number of alkyl halides is 3. The second kappa shape index (κ2) is 8.42. The number of amides is 2. The monoisotopic (exact) mass is 449 g/mol. The van der Waals surface area contributed by atoms with Gasteiger partial charge in [-0.05, 0) is 29.7 Å². The van der Waals surface area contributed by atoms with Crippen LogP contribution in [0, 0.1) is 0 Å². The number of halogens is 3. The molecule has 0 spiro atoms. The van der Waals surface area contributed by atoms with Crippen molar-refractivity contribution in [2.45, 2.75) is 6.18 Å². The fourth-order valence-electron chi connectivity index (χ4n) is 2.81. The third-order valence-corrected chi connectivity index (χ3v) is 5.10. The van der Waals surface area contributed by atoms with E-state index in [1.54, 1.807) is 4.72 Å². The Morgan fingerprint density at radius 3 is 2.28 bits per heavy atom. The number of carbonyl (C=O) groups is 2. The second-order valence-electron chi connectivity index (χ2n) is 5.98. The minimum Gasteiger partial charge on any atom is -0.335 e. The Labute approximate surface area is 169 Å². The summed E-state index contributed by atoms with van der Waals surface area (Å²) in [7, 11) is 0. The molecule has 1 aromatic heterocycles. The number of carbonyl (C=O) groups excluding carboxylic acids is 2. The summed E-state index contributed by atoms with van der Waals surface area (Å²) in [6.45, 7) is 0.697. The van der Waals surface area contributed by atoms with Crippen molar-refractivity contribution in [3.05, 3.63) is 40.4 Å². The largest absolute Gasteiger partial charge is 0.418 e. The molecule has 0 saturated carbocycles. The highest BCUT2D eigenvalue weighted by molar-refractivity contribution is 7.80. The fourth-order valence-corrected chi connectivity index (χ4v) is 3.61. The number of nitrogens with one attached hydrogen (secondary N) is 1. The molecule has 3 rings (SSSR count). The van der Waals surface area contributed by atoms with Crippen molar-refractivity contribution in [3.63, 3.8) is 0 Å². The van der Waals surface area contributed by atoms with Gasteiger partial charge >= 0.3 is 6.18 Å².